The Morgan fingerprint density at radius 1 is 1.39 bits per heavy atom. The predicted molar refractivity (Wildman–Crippen MR) is 87.5 cm³/mol. The summed E-state index contributed by atoms with van der Waals surface area (Å²) in [6, 6.07) is 2.17. The van der Waals surface area contributed by atoms with E-state index in [-0.39, 0.29) is 18.1 Å². The SMILES string of the molecule is O=C(Cc1ccsc1)N1C[C@@H]2OCCN(c3cnccn3)[C@@H]2C1. The highest BCUT2D eigenvalue weighted by atomic mass is 32.1. The molecular formula is C16H18N4O2S. The topological polar surface area (TPSA) is 58.6 Å². The minimum Gasteiger partial charge on any atom is -0.372 e. The van der Waals surface area contributed by atoms with E-state index in [2.05, 4.69) is 14.9 Å². The van der Waals surface area contributed by atoms with E-state index in [1.165, 1.54) is 0 Å². The highest BCUT2D eigenvalue weighted by Gasteiger charge is 2.42. The van der Waals surface area contributed by atoms with Crippen molar-refractivity contribution >= 4 is 23.1 Å². The van der Waals surface area contributed by atoms with Crippen LogP contribution in [0.1, 0.15) is 5.56 Å². The van der Waals surface area contributed by atoms with Crippen molar-refractivity contribution in [3.63, 3.8) is 0 Å². The van der Waals surface area contributed by atoms with Crippen LogP contribution in [0.4, 0.5) is 5.82 Å². The summed E-state index contributed by atoms with van der Waals surface area (Å²) in [7, 11) is 0. The van der Waals surface area contributed by atoms with Crippen molar-refractivity contribution in [2.45, 2.75) is 18.6 Å². The van der Waals surface area contributed by atoms with E-state index in [0.717, 1.165) is 17.9 Å². The number of fused-ring (bicyclic) bond motifs is 1. The van der Waals surface area contributed by atoms with Gasteiger partial charge in [-0.15, -0.1) is 0 Å². The molecule has 2 aromatic rings. The first-order valence-electron chi connectivity index (χ1n) is 7.74. The first-order valence-corrected chi connectivity index (χ1v) is 8.68. The van der Waals surface area contributed by atoms with Crippen LogP contribution in [0.25, 0.3) is 0 Å². The van der Waals surface area contributed by atoms with E-state index in [4.69, 9.17) is 4.74 Å². The maximum atomic E-state index is 12.5. The van der Waals surface area contributed by atoms with E-state index in [1.807, 2.05) is 21.7 Å². The van der Waals surface area contributed by atoms with Crippen molar-refractivity contribution in [3.05, 3.63) is 41.0 Å². The summed E-state index contributed by atoms with van der Waals surface area (Å²) in [6.07, 6.45) is 5.67. The van der Waals surface area contributed by atoms with Crippen LogP contribution in [-0.2, 0) is 16.0 Å². The van der Waals surface area contributed by atoms with Gasteiger partial charge in [-0.25, -0.2) is 4.98 Å². The molecule has 2 saturated heterocycles. The van der Waals surface area contributed by atoms with Gasteiger partial charge in [0, 0.05) is 32.0 Å². The fourth-order valence-electron chi connectivity index (χ4n) is 3.30. The van der Waals surface area contributed by atoms with Gasteiger partial charge in [0.25, 0.3) is 0 Å². The summed E-state index contributed by atoms with van der Waals surface area (Å²) in [6.45, 7) is 2.78. The molecule has 4 heterocycles. The fraction of sp³-hybridized carbons (Fsp3) is 0.438. The lowest BCUT2D eigenvalue weighted by Gasteiger charge is -2.37. The summed E-state index contributed by atoms with van der Waals surface area (Å²) in [5, 5.41) is 4.04. The van der Waals surface area contributed by atoms with Gasteiger partial charge in [-0.2, -0.15) is 11.3 Å². The third-order valence-electron chi connectivity index (χ3n) is 4.43. The summed E-state index contributed by atoms with van der Waals surface area (Å²) in [4.78, 5) is 25.2. The van der Waals surface area contributed by atoms with Gasteiger partial charge in [-0.1, -0.05) is 0 Å². The summed E-state index contributed by atoms with van der Waals surface area (Å²) < 4.78 is 5.89. The highest BCUT2D eigenvalue weighted by molar-refractivity contribution is 7.08. The highest BCUT2D eigenvalue weighted by Crippen LogP contribution is 2.26. The molecule has 6 nitrogen and oxygen atoms in total. The standard InChI is InChI=1S/C16H18N4O2S/c21-16(7-12-1-6-23-11-12)19-9-13-14(10-19)22-5-4-20(13)15-8-17-2-3-18-15/h1-3,6,8,11,13-14H,4-5,7,9-10H2/t13-,14+/m1/s1. The number of hydrogen-bond donors (Lipinski definition) is 0. The first-order chi connectivity index (χ1) is 11.3. The number of rotatable bonds is 3. The molecule has 2 fully saturated rings. The molecule has 2 aromatic heterocycles. The van der Waals surface area contributed by atoms with E-state index >= 15 is 0 Å². The second kappa shape index (κ2) is 6.25. The molecule has 0 N–H and O–H groups in total. The Labute approximate surface area is 138 Å². The lowest BCUT2D eigenvalue weighted by atomic mass is 10.1. The number of carbonyl (C=O) groups is 1. The number of aromatic nitrogens is 2. The molecular weight excluding hydrogens is 312 g/mol. The van der Waals surface area contributed by atoms with Gasteiger partial charge in [-0.3, -0.25) is 9.78 Å². The van der Waals surface area contributed by atoms with Gasteiger partial charge in [0.05, 0.1) is 31.4 Å². The molecule has 0 radical (unpaired) electrons. The van der Waals surface area contributed by atoms with Crippen LogP contribution in [-0.4, -0.2) is 59.2 Å². The smallest absolute Gasteiger partial charge is 0.227 e. The van der Waals surface area contributed by atoms with Crippen molar-refractivity contribution in [2.24, 2.45) is 0 Å². The molecule has 0 spiro atoms. The minimum atomic E-state index is 0.0529. The molecule has 0 bridgehead atoms. The average molecular weight is 330 g/mol. The summed E-state index contributed by atoms with van der Waals surface area (Å²) in [5.41, 5.74) is 1.08. The zero-order valence-electron chi connectivity index (χ0n) is 12.7. The molecule has 0 saturated carbocycles. The molecule has 2 atom stereocenters. The second-order valence-electron chi connectivity index (χ2n) is 5.84. The number of hydrogen-bond acceptors (Lipinski definition) is 6. The van der Waals surface area contributed by atoms with Crippen molar-refractivity contribution in [3.8, 4) is 0 Å². The molecule has 120 valence electrons. The van der Waals surface area contributed by atoms with Crippen LogP contribution in [0.3, 0.4) is 0 Å². The van der Waals surface area contributed by atoms with Gasteiger partial charge >= 0.3 is 0 Å². The van der Waals surface area contributed by atoms with Crippen LogP contribution in [0.5, 0.6) is 0 Å². The molecule has 0 aromatic carbocycles. The maximum absolute atomic E-state index is 12.5. The van der Waals surface area contributed by atoms with Crippen LogP contribution < -0.4 is 4.90 Å². The number of nitrogens with zero attached hydrogens (tertiary/aromatic N) is 4. The van der Waals surface area contributed by atoms with E-state index in [9.17, 15) is 4.79 Å². The number of morpholine rings is 1. The second-order valence-corrected chi connectivity index (χ2v) is 6.62. The molecule has 2 aliphatic heterocycles. The Kier molecular flexibility index (Phi) is 3.97. The normalized spacial score (nSPS) is 23.8. The number of amides is 1. The Balaban J connectivity index is 1.47. The van der Waals surface area contributed by atoms with Gasteiger partial charge in [0.15, 0.2) is 0 Å². The molecule has 1 amide bonds. The number of thiophene rings is 1. The van der Waals surface area contributed by atoms with Crippen molar-refractivity contribution in [2.75, 3.05) is 31.1 Å². The van der Waals surface area contributed by atoms with Gasteiger partial charge in [0.2, 0.25) is 5.91 Å². The van der Waals surface area contributed by atoms with E-state index in [1.54, 1.807) is 29.9 Å². The molecule has 0 aliphatic carbocycles. The van der Waals surface area contributed by atoms with Crippen molar-refractivity contribution in [1.29, 1.82) is 0 Å². The van der Waals surface area contributed by atoms with Gasteiger partial charge in [-0.05, 0) is 22.4 Å². The zero-order valence-corrected chi connectivity index (χ0v) is 13.5. The van der Waals surface area contributed by atoms with Crippen LogP contribution in [0, 0.1) is 0 Å². The van der Waals surface area contributed by atoms with Gasteiger partial charge < -0.3 is 14.5 Å². The summed E-state index contributed by atoms with van der Waals surface area (Å²) in [5.74, 6) is 1.03. The Morgan fingerprint density at radius 2 is 2.35 bits per heavy atom. The Morgan fingerprint density at radius 3 is 3.13 bits per heavy atom. The number of carbonyl (C=O) groups excluding carboxylic acids is 1. The Hall–Kier alpha value is -1.99. The number of anilines is 1. The predicted octanol–water partition coefficient (Wildman–Crippen LogP) is 1.20. The van der Waals surface area contributed by atoms with Crippen LogP contribution >= 0.6 is 11.3 Å². The lowest BCUT2D eigenvalue weighted by molar-refractivity contribution is -0.129. The molecule has 7 heteroatoms. The molecule has 23 heavy (non-hydrogen) atoms. The van der Waals surface area contributed by atoms with Gasteiger partial charge in [0.1, 0.15) is 5.82 Å². The van der Waals surface area contributed by atoms with Crippen LogP contribution in [0.2, 0.25) is 0 Å². The quantitative estimate of drug-likeness (QED) is 0.846. The largest absolute Gasteiger partial charge is 0.372 e. The third-order valence-corrected chi connectivity index (χ3v) is 5.17. The average Bonchev–Trinajstić information content (AvgIpc) is 3.24. The van der Waals surface area contributed by atoms with E-state index in [0.29, 0.717) is 26.1 Å². The first kappa shape index (κ1) is 14.6. The summed E-state index contributed by atoms with van der Waals surface area (Å²) >= 11 is 1.62. The lowest BCUT2D eigenvalue weighted by Crippen LogP contribution is -2.51. The van der Waals surface area contributed by atoms with E-state index < -0.39 is 0 Å². The number of likely N-dealkylation sites (tertiary alicyclic amines) is 1. The van der Waals surface area contributed by atoms with Crippen molar-refractivity contribution < 1.29 is 9.53 Å². The third kappa shape index (κ3) is 2.94. The molecule has 4 rings (SSSR count). The minimum absolute atomic E-state index is 0.0529. The van der Waals surface area contributed by atoms with Crippen molar-refractivity contribution in [1.82, 2.24) is 14.9 Å². The van der Waals surface area contributed by atoms with Crippen LogP contribution in [0.15, 0.2) is 35.4 Å². The molecule has 2 aliphatic rings. The molecule has 0 unspecified atom stereocenters. The monoisotopic (exact) mass is 330 g/mol. The Bertz CT molecular complexity index is 664. The maximum Gasteiger partial charge on any atom is 0.227 e. The zero-order chi connectivity index (χ0) is 15.6. The fourth-order valence-corrected chi connectivity index (χ4v) is 3.96. The number of ether oxygens (including phenoxy) is 1.